The summed E-state index contributed by atoms with van der Waals surface area (Å²) in [6.07, 6.45) is 6.90. The van der Waals surface area contributed by atoms with E-state index in [9.17, 15) is 19.8 Å². The Bertz CT molecular complexity index is 611. The van der Waals surface area contributed by atoms with Gasteiger partial charge in [0.05, 0.1) is 0 Å². The molecule has 25 heavy (non-hydrogen) atoms. The Morgan fingerprint density at radius 2 is 1.68 bits per heavy atom. The number of fused-ring (bicyclic) bond motifs is 5. The third-order valence-electron chi connectivity index (χ3n) is 9.06. The van der Waals surface area contributed by atoms with Gasteiger partial charge in [-0.05, 0) is 80.0 Å². The van der Waals surface area contributed by atoms with Gasteiger partial charge in [-0.25, -0.2) is 0 Å². The molecular formula is C21H32O4. The van der Waals surface area contributed by atoms with E-state index in [1.807, 2.05) is 0 Å². The van der Waals surface area contributed by atoms with Gasteiger partial charge in [0.15, 0.2) is 5.78 Å². The standard InChI is InChI=1S/C21H32O4/c1-12(22)15-6-7-16-14-5-4-13-10-18(23)21(24,25)11-20(13,3)17(14)8-9-19(15,16)2/h13-17,24-25H,4-11H2,1-3H3/t13-,14-,15+,16-,17-,19+,20-/m0/s1. The molecule has 4 nitrogen and oxygen atoms in total. The molecule has 2 N–H and O–H groups in total. The van der Waals surface area contributed by atoms with Crippen molar-refractivity contribution >= 4 is 11.6 Å². The van der Waals surface area contributed by atoms with Crippen molar-refractivity contribution in [2.45, 2.75) is 77.9 Å². The van der Waals surface area contributed by atoms with Crippen molar-refractivity contribution in [3.05, 3.63) is 0 Å². The molecule has 0 unspecified atom stereocenters. The highest BCUT2D eigenvalue weighted by atomic mass is 16.5. The molecule has 0 aromatic heterocycles. The summed E-state index contributed by atoms with van der Waals surface area (Å²) in [5, 5.41) is 20.5. The first-order chi connectivity index (χ1) is 11.6. The topological polar surface area (TPSA) is 74.6 Å². The van der Waals surface area contributed by atoms with Crippen LogP contribution in [0.2, 0.25) is 0 Å². The molecule has 4 aliphatic carbocycles. The van der Waals surface area contributed by atoms with Gasteiger partial charge in [0, 0.05) is 18.8 Å². The minimum absolute atomic E-state index is 0.121. The number of Topliss-reactive ketones (excluding diaryl/α,β-unsaturated/α-hetero) is 2. The fourth-order valence-electron chi connectivity index (χ4n) is 7.83. The van der Waals surface area contributed by atoms with Crippen molar-refractivity contribution in [2.75, 3.05) is 0 Å². The van der Waals surface area contributed by atoms with Gasteiger partial charge < -0.3 is 10.2 Å². The van der Waals surface area contributed by atoms with Gasteiger partial charge in [-0.3, -0.25) is 9.59 Å². The summed E-state index contributed by atoms with van der Waals surface area (Å²) < 4.78 is 0. The first kappa shape index (κ1) is 17.7. The maximum atomic E-state index is 12.2. The van der Waals surface area contributed by atoms with Crippen LogP contribution >= 0.6 is 0 Å². The van der Waals surface area contributed by atoms with E-state index in [0.29, 0.717) is 30.0 Å². The van der Waals surface area contributed by atoms with Gasteiger partial charge in [-0.15, -0.1) is 0 Å². The van der Waals surface area contributed by atoms with E-state index in [1.54, 1.807) is 6.92 Å². The summed E-state index contributed by atoms with van der Waals surface area (Å²) in [6.45, 7) is 6.28. The molecule has 4 fully saturated rings. The monoisotopic (exact) mass is 348 g/mol. The molecule has 0 aromatic rings. The fourth-order valence-corrected chi connectivity index (χ4v) is 7.83. The number of rotatable bonds is 1. The Labute approximate surface area is 150 Å². The Morgan fingerprint density at radius 3 is 2.36 bits per heavy atom. The number of carbonyl (C=O) groups excluding carboxylic acids is 2. The number of hydrogen-bond acceptors (Lipinski definition) is 4. The average molecular weight is 348 g/mol. The molecule has 0 heterocycles. The SMILES string of the molecule is CC(=O)[C@H]1CC[C@H]2[C@@H]3CC[C@H]4CC(=O)C(O)(O)C[C@]4(C)[C@H]3CC[C@]12C. The van der Waals surface area contributed by atoms with Crippen molar-refractivity contribution in [1.29, 1.82) is 0 Å². The summed E-state index contributed by atoms with van der Waals surface area (Å²) in [5.41, 5.74) is -0.0494. The number of hydrogen-bond donors (Lipinski definition) is 2. The smallest absolute Gasteiger partial charge is 0.224 e. The van der Waals surface area contributed by atoms with E-state index in [2.05, 4.69) is 13.8 Å². The molecule has 4 rings (SSSR count). The lowest BCUT2D eigenvalue weighted by molar-refractivity contribution is -0.229. The van der Waals surface area contributed by atoms with Gasteiger partial charge in [0.25, 0.3) is 0 Å². The number of ketones is 2. The molecular weight excluding hydrogens is 316 g/mol. The average Bonchev–Trinajstić information content (AvgIpc) is 2.86. The summed E-state index contributed by atoms with van der Waals surface area (Å²) >= 11 is 0. The van der Waals surface area contributed by atoms with Crippen molar-refractivity contribution < 1.29 is 19.8 Å². The summed E-state index contributed by atoms with van der Waals surface area (Å²) in [6, 6.07) is 0. The third kappa shape index (κ3) is 2.32. The van der Waals surface area contributed by atoms with Crippen molar-refractivity contribution in [3.8, 4) is 0 Å². The van der Waals surface area contributed by atoms with Crippen LogP contribution in [0.5, 0.6) is 0 Å². The lowest BCUT2D eigenvalue weighted by Crippen LogP contribution is -2.59. The van der Waals surface area contributed by atoms with Crippen molar-refractivity contribution in [3.63, 3.8) is 0 Å². The lowest BCUT2D eigenvalue weighted by atomic mass is 9.44. The Morgan fingerprint density at radius 1 is 1.00 bits per heavy atom. The van der Waals surface area contributed by atoms with Crippen LogP contribution < -0.4 is 0 Å². The molecule has 0 saturated heterocycles. The highest BCUT2D eigenvalue weighted by Crippen LogP contribution is 2.67. The molecule has 0 aromatic carbocycles. The fraction of sp³-hybridized carbons (Fsp3) is 0.905. The quantitative estimate of drug-likeness (QED) is 0.714. The zero-order valence-electron chi connectivity index (χ0n) is 15.8. The molecule has 4 aliphatic rings. The predicted octanol–water partition coefficient (Wildman–Crippen LogP) is 3.09. The van der Waals surface area contributed by atoms with E-state index in [0.717, 1.165) is 38.5 Å². The first-order valence-electron chi connectivity index (χ1n) is 10.1. The molecule has 0 amide bonds. The van der Waals surface area contributed by atoms with E-state index >= 15 is 0 Å². The Hall–Kier alpha value is -0.740. The van der Waals surface area contributed by atoms with Crippen LogP contribution in [0.25, 0.3) is 0 Å². The first-order valence-corrected chi connectivity index (χ1v) is 10.1. The molecule has 0 aliphatic heterocycles. The summed E-state index contributed by atoms with van der Waals surface area (Å²) in [7, 11) is 0. The lowest BCUT2D eigenvalue weighted by Gasteiger charge is -2.61. The molecule has 7 atom stereocenters. The maximum Gasteiger partial charge on any atom is 0.224 e. The minimum Gasteiger partial charge on any atom is -0.360 e. The van der Waals surface area contributed by atoms with E-state index in [-0.39, 0.29) is 29.1 Å². The Balaban J connectivity index is 1.65. The third-order valence-corrected chi connectivity index (χ3v) is 9.06. The van der Waals surface area contributed by atoms with Crippen LogP contribution in [0.1, 0.15) is 72.1 Å². The Kier molecular flexibility index (Phi) is 3.81. The van der Waals surface area contributed by atoms with Crippen LogP contribution in [-0.2, 0) is 9.59 Å². The zero-order valence-corrected chi connectivity index (χ0v) is 15.8. The number of aliphatic hydroxyl groups is 2. The van der Waals surface area contributed by atoms with Crippen LogP contribution in [0, 0.1) is 40.4 Å². The van der Waals surface area contributed by atoms with Crippen molar-refractivity contribution in [2.24, 2.45) is 40.4 Å². The van der Waals surface area contributed by atoms with Crippen LogP contribution in [0.4, 0.5) is 0 Å². The normalized spacial score (nSPS) is 51.4. The highest BCUT2D eigenvalue weighted by Gasteiger charge is 2.63. The molecule has 4 saturated carbocycles. The number of carbonyl (C=O) groups is 2. The van der Waals surface area contributed by atoms with Crippen LogP contribution in [0.15, 0.2) is 0 Å². The molecule has 140 valence electrons. The molecule has 0 bridgehead atoms. The van der Waals surface area contributed by atoms with E-state index in [1.165, 1.54) is 0 Å². The summed E-state index contributed by atoms with van der Waals surface area (Å²) in [5.74, 6) is -0.138. The van der Waals surface area contributed by atoms with Gasteiger partial charge in [0.1, 0.15) is 5.78 Å². The minimum atomic E-state index is -2.15. The largest absolute Gasteiger partial charge is 0.360 e. The second-order valence-electron chi connectivity index (χ2n) is 10.1. The second kappa shape index (κ2) is 5.39. The van der Waals surface area contributed by atoms with Crippen LogP contribution in [0.3, 0.4) is 0 Å². The highest BCUT2D eigenvalue weighted by molar-refractivity contribution is 5.86. The molecule has 4 heteroatoms. The van der Waals surface area contributed by atoms with Gasteiger partial charge >= 0.3 is 0 Å². The van der Waals surface area contributed by atoms with Gasteiger partial charge in [-0.2, -0.15) is 0 Å². The van der Waals surface area contributed by atoms with E-state index < -0.39 is 11.6 Å². The van der Waals surface area contributed by atoms with Gasteiger partial charge in [-0.1, -0.05) is 13.8 Å². The second-order valence-corrected chi connectivity index (χ2v) is 10.1. The molecule has 0 radical (unpaired) electrons. The zero-order chi connectivity index (χ0) is 18.2. The predicted molar refractivity (Wildman–Crippen MR) is 93.5 cm³/mol. The van der Waals surface area contributed by atoms with E-state index in [4.69, 9.17) is 0 Å². The molecule has 0 spiro atoms. The van der Waals surface area contributed by atoms with Gasteiger partial charge in [0.2, 0.25) is 5.79 Å². The maximum absolute atomic E-state index is 12.2. The summed E-state index contributed by atoms with van der Waals surface area (Å²) in [4.78, 5) is 24.3. The van der Waals surface area contributed by atoms with Crippen molar-refractivity contribution in [1.82, 2.24) is 0 Å². The van der Waals surface area contributed by atoms with Crippen LogP contribution in [-0.4, -0.2) is 27.6 Å².